The quantitative estimate of drug-likeness (QED) is 0.857. The molecule has 2 aliphatic rings. The molecule has 1 unspecified atom stereocenters. The molecule has 0 amide bonds. The van der Waals surface area contributed by atoms with Crippen molar-refractivity contribution in [2.75, 3.05) is 26.2 Å². The van der Waals surface area contributed by atoms with Gasteiger partial charge in [-0.1, -0.05) is 26.2 Å². The Morgan fingerprint density at radius 3 is 2.50 bits per heavy atom. The van der Waals surface area contributed by atoms with E-state index in [1.807, 2.05) is 0 Å². The van der Waals surface area contributed by atoms with Gasteiger partial charge in [0.1, 0.15) is 0 Å². The summed E-state index contributed by atoms with van der Waals surface area (Å²) < 4.78 is 5.97. The van der Waals surface area contributed by atoms with Crippen LogP contribution < -0.4 is 5.32 Å². The third-order valence-corrected chi connectivity index (χ3v) is 5.00. The molecule has 1 saturated heterocycles. The predicted molar refractivity (Wildman–Crippen MR) is 85.2 cm³/mol. The van der Waals surface area contributed by atoms with Crippen molar-refractivity contribution in [2.24, 2.45) is 0 Å². The first-order valence-electron chi connectivity index (χ1n) is 8.58. The van der Waals surface area contributed by atoms with Crippen molar-refractivity contribution in [3.8, 4) is 0 Å². The molecule has 1 N–H and O–H groups in total. The molecule has 0 aromatic heterocycles. The van der Waals surface area contributed by atoms with Gasteiger partial charge in [0, 0.05) is 31.2 Å². The molecule has 1 aliphatic carbocycles. The van der Waals surface area contributed by atoms with Gasteiger partial charge in [-0.05, 0) is 40.0 Å². The average Bonchev–Trinajstić information content (AvgIpc) is 2.41. The molecule has 0 aromatic rings. The molecule has 1 saturated carbocycles. The summed E-state index contributed by atoms with van der Waals surface area (Å²) in [5.41, 5.74) is 0.406. The molecule has 2 rings (SSSR count). The Kier molecular flexibility index (Phi) is 5.49. The summed E-state index contributed by atoms with van der Waals surface area (Å²) in [4.78, 5) is 2.75. The van der Waals surface area contributed by atoms with Gasteiger partial charge < -0.3 is 10.1 Å². The van der Waals surface area contributed by atoms with Crippen LogP contribution in [0.1, 0.15) is 66.2 Å². The van der Waals surface area contributed by atoms with E-state index in [9.17, 15) is 0 Å². The van der Waals surface area contributed by atoms with Crippen LogP contribution in [0.5, 0.6) is 0 Å². The normalized spacial score (nSPS) is 27.9. The summed E-state index contributed by atoms with van der Waals surface area (Å²) >= 11 is 0. The molecule has 20 heavy (non-hydrogen) atoms. The standard InChI is InChI=1S/C17H34N2O/c1-5-15-13-19(11-12-20-16(2,3)4)17(14-18-15)9-7-6-8-10-17/h15,18H,5-14H2,1-4H3. The van der Waals surface area contributed by atoms with Gasteiger partial charge in [0.05, 0.1) is 12.2 Å². The molecule has 1 spiro atoms. The van der Waals surface area contributed by atoms with E-state index in [4.69, 9.17) is 4.74 Å². The second-order valence-corrected chi connectivity index (χ2v) is 7.68. The SMILES string of the molecule is CCC1CN(CCOC(C)(C)C)C2(CCCCC2)CN1. The van der Waals surface area contributed by atoms with Crippen molar-refractivity contribution in [3.63, 3.8) is 0 Å². The third kappa shape index (κ3) is 4.19. The van der Waals surface area contributed by atoms with Gasteiger partial charge in [-0.2, -0.15) is 0 Å². The van der Waals surface area contributed by atoms with Crippen LogP contribution in [0.25, 0.3) is 0 Å². The largest absolute Gasteiger partial charge is 0.375 e. The molecular weight excluding hydrogens is 248 g/mol. The fourth-order valence-corrected chi connectivity index (χ4v) is 3.74. The topological polar surface area (TPSA) is 24.5 Å². The highest BCUT2D eigenvalue weighted by Crippen LogP contribution is 2.35. The number of hydrogen-bond acceptors (Lipinski definition) is 3. The first-order chi connectivity index (χ1) is 9.45. The van der Waals surface area contributed by atoms with Crippen LogP contribution in [0.4, 0.5) is 0 Å². The fourth-order valence-electron chi connectivity index (χ4n) is 3.74. The Balaban J connectivity index is 1.95. The summed E-state index contributed by atoms with van der Waals surface area (Å²) in [5, 5.41) is 3.78. The minimum Gasteiger partial charge on any atom is -0.375 e. The number of rotatable bonds is 4. The Morgan fingerprint density at radius 2 is 1.90 bits per heavy atom. The maximum absolute atomic E-state index is 5.97. The van der Waals surface area contributed by atoms with Crippen LogP contribution >= 0.6 is 0 Å². The van der Waals surface area contributed by atoms with E-state index in [1.54, 1.807) is 0 Å². The van der Waals surface area contributed by atoms with Gasteiger partial charge in [-0.3, -0.25) is 4.90 Å². The van der Waals surface area contributed by atoms with Crippen LogP contribution in [-0.4, -0.2) is 48.3 Å². The average molecular weight is 282 g/mol. The zero-order valence-electron chi connectivity index (χ0n) is 14.0. The number of ether oxygens (including phenoxy) is 1. The van der Waals surface area contributed by atoms with Gasteiger partial charge in [-0.25, -0.2) is 0 Å². The minimum absolute atomic E-state index is 0.0159. The molecule has 1 aliphatic heterocycles. The number of nitrogens with one attached hydrogen (secondary N) is 1. The maximum atomic E-state index is 5.97. The monoisotopic (exact) mass is 282 g/mol. The Morgan fingerprint density at radius 1 is 1.20 bits per heavy atom. The van der Waals surface area contributed by atoms with Crippen molar-refractivity contribution in [2.45, 2.75) is 83.4 Å². The third-order valence-electron chi connectivity index (χ3n) is 5.00. The molecule has 3 heteroatoms. The first-order valence-corrected chi connectivity index (χ1v) is 8.58. The summed E-state index contributed by atoms with van der Waals surface area (Å²) in [6.07, 6.45) is 8.18. The Hall–Kier alpha value is -0.120. The lowest BCUT2D eigenvalue weighted by Gasteiger charge is -2.52. The Bertz CT molecular complexity index is 292. The second kappa shape index (κ2) is 6.76. The number of piperazine rings is 1. The molecule has 0 bridgehead atoms. The molecule has 0 radical (unpaired) electrons. The van der Waals surface area contributed by atoms with Gasteiger partial charge in [0.25, 0.3) is 0 Å². The van der Waals surface area contributed by atoms with Gasteiger partial charge in [-0.15, -0.1) is 0 Å². The van der Waals surface area contributed by atoms with Gasteiger partial charge >= 0.3 is 0 Å². The summed E-state index contributed by atoms with van der Waals surface area (Å²) in [6, 6.07) is 0.664. The van der Waals surface area contributed by atoms with Gasteiger partial charge in [0.15, 0.2) is 0 Å². The molecule has 1 atom stereocenters. The van der Waals surface area contributed by atoms with Crippen molar-refractivity contribution in [1.82, 2.24) is 10.2 Å². The van der Waals surface area contributed by atoms with Crippen molar-refractivity contribution < 1.29 is 4.74 Å². The summed E-state index contributed by atoms with van der Waals surface area (Å²) in [5.74, 6) is 0. The van der Waals surface area contributed by atoms with Crippen molar-refractivity contribution in [1.29, 1.82) is 0 Å². The van der Waals surface area contributed by atoms with Crippen LogP contribution in [0, 0.1) is 0 Å². The zero-order valence-corrected chi connectivity index (χ0v) is 14.0. The second-order valence-electron chi connectivity index (χ2n) is 7.68. The maximum Gasteiger partial charge on any atom is 0.0600 e. The van der Waals surface area contributed by atoms with E-state index >= 15 is 0 Å². The van der Waals surface area contributed by atoms with E-state index < -0.39 is 0 Å². The first kappa shape index (κ1) is 16.3. The zero-order chi connectivity index (χ0) is 14.6. The highest BCUT2D eigenvalue weighted by molar-refractivity contribution is 5.00. The van der Waals surface area contributed by atoms with Gasteiger partial charge in [0.2, 0.25) is 0 Å². The molecular formula is C17H34N2O. The predicted octanol–water partition coefficient (Wildman–Crippen LogP) is 3.19. The smallest absolute Gasteiger partial charge is 0.0600 e. The lowest BCUT2D eigenvalue weighted by atomic mass is 9.78. The minimum atomic E-state index is -0.0159. The van der Waals surface area contributed by atoms with E-state index in [2.05, 4.69) is 37.9 Å². The van der Waals surface area contributed by atoms with E-state index in [0.717, 1.165) is 13.2 Å². The molecule has 118 valence electrons. The van der Waals surface area contributed by atoms with E-state index in [0.29, 0.717) is 11.6 Å². The molecule has 1 heterocycles. The van der Waals surface area contributed by atoms with Crippen LogP contribution in [-0.2, 0) is 4.74 Å². The highest BCUT2D eigenvalue weighted by atomic mass is 16.5. The fraction of sp³-hybridized carbons (Fsp3) is 1.00. The van der Waals surface area contributed by atoms with Crippen molar-refractivity contribution >= 4 is 0 Å². The molecule has 2 fully saturated rings. The van der Waals surface area contributed by atoms with Crippen LogP contribution in [0.15, 0.2) is 0 Å². The summed E-state index contributed by atoms with van der Waals surface area (Å²) in [6.45, 7) is 13.1. The van der Waals surface area contributed by atoms with E-state index in [1.165, 1.54) is 51.6 Å². The van der Waals surface area contributed by atoms with E-state index in [-0.39, 0.29) is 5.60 Å². The lowest BCUT2D eigenvalue weighted by molar-refractivity contribution is -0.0488. The highest BCUT2D eigenvalue weighted by Gasteiger charge is 2.41. The molecule has 0 aromatic carbocycles. The number of hydrogen-bond donors (Lipinski definition) is 1. The van der Waals surface area contributed by atoms with Crippen LogP contribution in [0.3, 0.4) is 0 Å². The van der Waals surface area contributed by atoms with Crippen molar-refractivity contribution in [3.05, 3.63) is 0 Å². The summed E-state index contributed by atoms with van der Waals surface area (Å²) in [7, 11) is 0. The molecule has 3 nitrogen and oxygen atoms in total. The number of nitrogens with zero attached hydrogens (tertiary/aromatic N) is 1. The lowest BCUT2D eigenvalue weighted by Crippen LogP contribution is -2.65. The van der Waals surface area contributed by atoms with Crippen LogP contribution in [0.2, 0.25) is 0 Å². The Labute approximate surface area is 125 Å².